The maximum absolute atomic E-state index is 9.28. The van der Waals surface area contributed by atoms with Crippen LogP contribution in [0.3, 0.4) is 0 Å². The number of aliphatic hydroxyl groups excluding tert-OH is 1. The van der Waals surface area contributed by atoms with Gasteiger partial charge in [-0.1, -0.05) is 0 Å². The average molecular weight is 186 g/mol. The summed E-state index contributed by atoms with van der Waals surface area (Å²) in [5, 5.41) is 9.28. The molecule has 1 aliphatic heterocycles. The minimum atomic E-state index is -0.130. The highest BCUT2D eigenvalue weighted by Crippen LogP contribution is 2.23. The van der Waals surface area contributed by atoms with Crippen LogP contribution in [0, 0.1) is 0 Å². The van der Waals surface area contributed by atoms with Crippen LogP contribution >= 0.6 is 0 Å². The fraction of sp³-hybridized carbons (Fsp3) is 1.00. The van der Waals surface area contributed by atoms with Crippen LogP contribution in [0.4, 0.5) is 0 Å². The van der Waals surface area contributed by atoms with Crippen molar-refractivity contribution in [1.29, 1.82) is 0 Å². The first-order valence-electron chi connectivity index (χ1n) is 5.26. The van der Waals surface area contributed by atoms with Gasteiger partial charge in [-0.3, -0.25) is 0 Å². The van der Waals surface area contributed by atoms with E-state index in [2.05, 4.69) is 0 Å². The second-order valence-corrected chi connectivity index (χ2v) is 4.06. The number of hydrogen-bond acceptors (Lipinski definition) is 3. The Balaban J connectivity index is 1.62. The summed E-state index contributed by atoms with van der Waals surface area (Å²) >= 11 is 0. The third-order valence-corrected chi connectivity index (χ3v) is 2.90. The van der Waals surface area contributed by atoms with Crippen molar-refractivity contribution in [1.82, 2.24) is 0 Å². The van der Waals surface area contributed by atoms with Crippen molar-refractivity contribution in [3.63, 3.8) is 0 Å². The smallest absolute Gasteiger partial charge is 0.0809 e. The summed E-state index contributed by atoms with van der Waals surface area (Å²) in [6, 6.07) is 0. The second-order valence-electron chi connectivity index (χ2n) is 4.06. The molecule has 1 aliphatic carbocycles. The van der Waals surface area contributed by atoms with Gasteiger partial charge >= 0.3 is 0 Å². The van der Waals surface area contributed by atoms with E-state index in [9.17, 15) is 5.11 Å². The molecule has 2 rings (SSSR count). The fourth-order valence-electron chi connectivity index (χ4n) is 2.09. The first-order valence-corrected chi connectivity index (χ1v) is 5.26. The van der Waals surface area contributed by atoms with Gasteiger partial charge in [-0.25, -0.2) is 0 Å². The molecule has 0 aromatic rings. The molecular weight excluding hydrogens is 168 g/mol. The Hall–Kier alpha value is -0.120. The van der Waals surface area contributed by atoms with Crippen molar-refractivity contribution in [2.45, 2.75) is 50.4 Å². The topological polar surface area (TPSA) is 38.7 Å². The maximum atomic E-state index is 9.28. The van der Waals surface area contributed by atoms with Crippen LogP contribution in [0.25, 0.3) is 0 Å². The summed E-state index contributed by atoms with van der Waals surface area (Å²) in [5.74, 6) is 0. The Bertz CT molecular complexity index is 154. The molecule has 2 aliphatic rings. The predicted octanol–water partition coefficient (Wildman–Crippen LogP) is 1.10. The van der Waals surface area contributed by atoms with E-state index < -0.39 is 0 Å². The molecule has 3 atom stereocenters. The van der Waals surface area contributed by atoms with Crippen molar-refractivity contribution in [3.8, 4) is 0 Å². The molecule has 0 radical (unpaired) electrons. The second kappa shape index (κ2) is 4.40. The van der Waals surface area contributed by atoms with Gasteiger partial charge < -0.3 is 14.6 Å². The van der Waals surface area contributed by atoms with E-state index >= 15 is 0 Å². The third-order valence-electron chi connectivity index (χ3n) is 2.90. The highest BCUT2D eigenvalue weighted by molar-refractivity contribution is 4.75. The highest BCUT2D eigenvalue weighted by Gasteiger charge is 2.25. The Morgan fingerprint density at radius 3 is 2.85 bits per heavy atom. The van der Waals surface area contributed by atoms with E-state index in [-0.39, 0.29) is 12.2 Å². The minimum absolute atomic E-state index is 0.130. The zero-order chi connectivity index (χ0) is 9.10. The standard InChI is InChI=1S/C10H18O3/c11-8-3-4-9(6-8)13-7-10-2-1-5-12-10/h8-11H,1-7H2. The first kappa shape index (κ1) is 9.44. The summed E-state index contributed by atoms with van der Waals surface area (Å²) in [7, 11) is 0. The van der Waals surface area contributed by atoms with Gasteiger partial charge in [-0.15, -0.1) is 0 Å². The fourth-order valence-corrected chi connectivity index (χ4v) is 2.09. The molecule has 1 saturated heterocycles. The van der Waals surface area contributed by atoms with Gasteiger partial charge in [0, 0.05) is 6.61 Å². The van der Waals surface area contributed by atoms with E-state index in [0.29, 0.717) is 6.10 Å². The molecule has 1 saturated carbocycles. The van der Waals surface area contributed by atoms with Gasteiger partial charge in [-0.05, 0) is 32.1 Å². The molecule has 1 N–H and O–H groups in total. The zero-order valence-corrected chi connectivity index (χ0v) is 7.95. The predicted molar refractivity (Wildman–Crippen MR) is 48.6 cm³/mol. The van der Waals surface area contributed by atoms with Crippen molar-refractivity contribution in [3.05, 3.63) is 0 Å². The van der Waals surface area contributed by atoms with E-state index in [1.807, 2.05) is 0 Å². The third kappa shape index (κ3) is 2.66. The van der Waals surface area contributed by atoms with Crippen molar-refractivity contribution >= 4 is 0 Å². The Kier molecular flexibility index (Phi) is 3.19. The number of ether oxygens (including phenoxy) is 2. The van der Waals surface area contributed by atoms with Crippen LogP contribution < -0.4 is 0 Å². The summed E-state index contributed by atoms with van der Waals surface area (Å²) in [6.45, 7) is 1.61. The molecule has 3 heteroatoms. The lowest BCUT2D eigenvalue weighted by Crippen LogP contribution is -2.19. The van der Waals surface area contributed by atoms with Crippen LogP contribution in [-0.4, -0.2) is 36.6 Å². The van der Waals surface area contributed by atoms with Crippen LogP contribution in [-0.2, 0) is 9.47 Å². The van der Waals surface area contributed by atoms with Gasteiger partial charge in [0.1, 0.15) is 0 Å². The van der Waals surface area contributed by atoms with E-state index in [4.69, 9.17) is 9.47 Å². The largest absolute Gasteiger partial charge is 0.393 e. The molecule has 0 aromatic carbocycles. The molecule has 3 unspecified atom stereocenters. The van der Waals surface area contributed by atoms with Gasteiger partial charge in [0.05, 0.1) is 24.9 Å². The molecular formula is C10H18O3. The molecule has 0 amide bonds. The normalized spacial score (nSPS) is 39.9. The molecule has 76 valence electrons. The number of hydrogen-bond donors (Lipinski definition) is 1. The molecule has 13 heavy (non-hydrogen) atoms. The Morgan fingerprint density at radius 1 is 1.31 bits per heavy atom. The Labute approximate surface area is 79.0 Å². The molecule has 0 spiro atoms. The average Bonchev–Trinajstić information content (AvgIpc) is 2.71. The molecule has 0 aromatic heterocycles. The monoisotopic (exact) mass is 186 g/mol. The summed E-state index contributed by atoms with van der Waals surface area (Å²) in [4.78, 5) is 0. The summed E-state index contributed by atoms with van der Waals surface area (Å²) < 4.78 is 11.1. The zero-order valence-electron chi connectivity index (χ0n) is 7.95. The lowest BCUT2D eigenvalue weighted by Gasteiger charge is -2.14. The van der Waals surface area contributed by atoms with Crippen LogP contribution in [0.2, 0.25) is 0 Å². The van der Waals surface area contributed by atoms with Crippen LogP contribution in [0.15, 0.2) is 0 Å². The maximum Gasteiger partial charge on any atom is 0.0809 e. The molecule has 3 nitrogen and oxygen atoms in total. The number of rotatable bonds is 3. The van der Waals surface area contributed by atoms with Gasteiger partial charge in [-0.2, -0.15) is 0 Å². The van der Waals surface area contributed by atoms with Crippen LogP contribution in [0.5, 0.6) is 0 Å². The first-order chi connectivity index (χ1) is 6.34. The lowest BCUT2D eigenvalue weighted by molar-refractivity contribution is -0.0213. The minimum Gasteiger partial charge on any atom is -0.393 e. The van der Waals surface area contributed by atoms with Gasteiger partial charge in [0.15, 0.2) is 0 Å². The van der Waals surface area contributed by atoms with E-state index in [0.717, 1.165) is 38.9 Å². The highest BCUT2D eigenvalue weighted by atomic mass is 16.5. The van der Waals surface area contributed by atoms with Crippen molar-refractivity contribution < 1.29 is 14.6 Å². The summed E-state index contributed by atoms with van der Waals surface area (Å²) in [6.07, 6.45) is 5.49. The molecule has 0 bridgehead atoms. The van der Waals surface area contributed by atoms with E-state index in [1.165, 1.54) is 6.42 Å². The van der Waals surface area contributed by atoms with Crippen molar-refractivity contribution in [2.75, 3.05) is 13.2 Å². The SMILES string of the molecule is OC1CCC(OCC2CCCO2)C1. The summed E-state index contributed by atoms with van der Waals surface area (Å²) in [5.41, 5.74) is 0. The Morgan fingerprint density at radius 2 is 2.23 bits per heavy atom. The van der Waals surface area contributed by atoms with Crippen molar-refractivity contribution in [2.24, 2.45) is 0 Å². The molecule has 1 heterocycles. The lowest BCUT2D eigenvalue weighted by atomic mass is 10.2. The quantitative estimate of drug-likeness (QED) is 0.717. The van der Waals surface area contributed by atoms with Gasteiger partial charge in [0.2, 0.25) is 0 Å². The van der Waals surface area contributed by atoms with Gasteiger partial charge in [0.25, 0.3) is 0 Å². The van der Waals surface area contributed by atoms with E-state index in [1.54, 1.807) is 0 Å². The van der Waals surface area contributed by atoms with Crippen LogP contribution in [0.1, 0.15) is 32.1 Å². The number of aliphatic hydroxyl groups is 1. The molecule has 2 fully saturated rings.